The number of ketones is 1. The third-order valence-electron chi connectivity index (χ3n) is 11.2. The van der Waals surface area contributed by atoms with Crippen molar-refractivity contribution in [3.8, 4) is 0 Å². The van der Waals surface area contributed by atoms with E-state index in [0.717, 1.165) is 19.3 Å². The molecule has 5 unspecified atom stereocenters. The number of carbonyl (C=O) groups is 2. The summed E-state index contributed by atoms with van der Waals surface area (Å²) in [5.41, 5.74) is 3.07. The number of carbonyl (C=O) groups excluding carboxylic acids is 2. The van der Waals surface area contributed by atoms with Crippen LogP contribution in [0.25, 0.3) is 0 Å². The number of esters is 1. The zero-order valence-corrected chi connectivity index (χ0v) is 27.9. The second-order valence-electron chi connectivity index (χ2n) is 13.3. The SMILES string of the molecule is CCC[CH2][Sn]([CH2]CCC)([CH2]CCC)[c]1ccc2c(c1)CCC1C2CCC2(C)C(=O)CC(CCC(=O)OC)C12. The molecule has 0 radical (unpaired) electrons. The third-order valence-corrected chi connectivity index (χ3v) is 26.8. The van der Waals surface area contributed by atoms with Crippen LogP contribution >= 0.6 is 0 Å². The van der Waals surface area contributed by atoms with Crippen molar-refractivity contribution in [1.29, 1.82) is 0 Å². The van der Waals surface area contributed by atoms with Crippen molar-refractivity contribution in [3.63, 3.8) is 0 Å². The average Bonchev–Trinajstić information content (AvgIpc) is 3.20. The maximum absolute atomic E-state index is 13.3. The van der Waals surface area contributed by atoms with Crippen molar-refractivity contribution >= 4 is 33.7 Å². The summed E-state index contributed by atoms with van der Waals surface area (Å²) in [6, 6.07) is 7.91. The van der Waals surface area contributed by atoms with Gasteiger partial charge in [-0.05, 0) is 0 Å². The van der Waals surface area contributed by atoms with Gasteiger partial charge < -0.3 is 0 Å². The number of hydrogen-bond acceptors (Lipinski definition) is 3. The Balaban J connectivity index is 1.62. The fourth-order valence-electron chi connectivity index (χ4n) is 9.00. The van der Waals surface area contributed by atoms with Gasteiger partial charge in [0.15, 0.2) is 0 Å². The number of unbranched alkanes of at least 4 members (excludes halogenated alkanes) is 3. The number of aryl methyl sites for hydroxylation is 1. The molecule has 0 heterocycles. The molecule has 1 aromatic rings. The molecule has 4 heteroatoms. The molecule has 3 aliphatic carbocycles. The maximum atomic E-state index is 13.3. The van der Waals surface area contributed by atoms with Crippen LogP contribution in [0.2, 0.25) is 13.3 Å². The molecule has 2 fully saturated rings. The van der Waals surface area contributed by atoms with Gasteiger partial charge >= 0.3 is 231 Å². The van der Waals surface area contributed by atoms with E-state index < -0.39 is 18.4 Å². The summed E-state index contributed by atoms with van der Waals surface area (Å²) < 4.78 is 11.3. The Morgan fingerprint density at radius 2 is 1.68 bits per heavy atom. The fourth-order valence-corrected chi connectivity index (χ4v) is 25.0. The molecule has 4 rings (SSSR count). The van der Waals surface area contributed by atoms with Crippen LogP contribution in [0.5, 0.6) is 0 Å². The quantitative estimate of drug-likeness (QED) is 0.163. The minimum absolute atomic E-state index is 0.135. The number of ether oxygens (including phenoxy) is 1. The van der Waals surface area contributed by atoms with E-state index in [9.17, 15) is 9.59 Å². The van der Waals surface area contributed by atoms with Gasteiger partial charge in [-0.25, -0.2) is 0 Å². The van der Waals surface area contributed by atoms with Gasteiger partial charge in [-0.2, -0.15) is 0 Å². The first kappa shape index (κ1) is 30.1. The van der Waals surface area contributed by atoms with Crippen molar-refractivity contribution in [2.24, 2.45) is 23.2 Å². The molecule has 212 valence electrons. The van der Waals surface area contributed by atoms with E-state index in [1.165, 1.54) is 71.8 Å². The van der Waals surface area contributed by atoms with Gasteiger partial charge in [0.05, 0.1) is 7.11 Å². The number of hydrogen-bond donors (Lipinski definition) is 0. The van der Waals surface area contributed by atoms with Crippen molar-refractivity contribution in [2.45, 2.75) is 130 Å². The van der Waals surface area contributed by atoms with Crippen LogP contribution in [0.3, 0.4) is 0 Å². The molecule has 0 spiro atoms. The summed E-state index contributed by atoms with van der Waals surface area (Å²) >= 11 is -2.44. The summed E-state index contributed by atoms with van der Waals surface area (Å²) in [6.07, 6.45) is 14.7. The van der Waals surface area contributed by atoms with Gasteiger partial charge in [0.2, 0.25) is 0 Å². The minimum atomic E-state index is -2.44. The Morgan fingerprint density at radius 1 is 1.03 bits per heavy atom. The molecular formula is C34H54O3Sn. The number of fused-ring (bicyclic) bond motifs is 5. The zero-order chi connectivity index (χ0) is 27.3. The van der Waals surface area contributed by atoms with E-state index in [1.807, 2.05) is 3.58 Å². The molecule has 0 amide bonds. The van der Waals surface area contributed by atoms with Gasteiger partial charge in [-0.1, -0.05) is 0 Å². The zero-order valence-electron chi connectivity index (χ0n) is 25.1. The molecule has 3 nitrogen and oxygen atoms in total. The van der Waals surface area contributed by atoms with Crippen LogP contribution in [0.1, 0.15) is 122 Å². The van der Waals surface area contributed by atoms with E-state index in [1.54, 1.807) is 11.1 Å². The number of Topliss-reactive ketones (excluding diaryl/α,β-unsaturated/α-hetero) is 1. The van der Waals surface area contributed by atoms with E-state index >= 15 is 0 Å². The van der Waals surface area contributed by atoms with Crippen molar-refractivity contribution < 1.29 is 14.3 Å². The van der Waals surface area contributed by atoms with Crippen LogP contribution < -0.4 is 3.58 Å². The second-order valence-corrected chi connectivity index (χ2v) is 26.5. The molecule has 0 saturated heterocycles. The Morgan fingerprint density at radius 3 is 2.29 bits per heavy atom. The molecule has 5 atom stereocenters. The third kappa shape index (κ3) is 5.93. The molecule has 38 heavy (non-hydrogen) atoms. The molecule has 1 aromatic carbocycles. The monoisotopic (exact) mass is 630 g/mol. The summed E-state index contributed by atoms with van der Waals surface area (Å²) in [7, 11) is 1.47. The average molecular weight is 630 g/mol. The topological polar surface area (TPSA) is 43.4 Å². The van der Waals surface area contributed by atoms with Crippen molar-refractivity contribution in [1.82, 2.24) is 0 Å². The Hall–Kier alpha value is -0.841. The molecule has 0 N–H and O–H groups in total. The number of rotatable bonds is 13. The molecule has 3 aliphatic rings. The van der Waals surface area contributed by atoms with Crippen LogP contribution in [0.4, 0.5) is 0 Å². The Labute approximate surface area is 237 Å². The Kier molecular flexibility index (Phi) is 10.5. The van der Waals surface area contributed by atoms with Crippen molar-refractivity contribution in [3.05, 3.63) is 29.3 Å². The van der Waals surface area contributed by atoms with Gasteiger partial charge in [-0.15, -0.1) is 0 Å². The molecule has 2 saturated carbocycles. The molecule has 0 aliphatic heterocycles. The normalized spacial score (nSPS) is 28.5. The molecular weight excluding hydrogens is 575 g/mol. The van der Waals surface area contributed by atoms with Gasteiger partial charge in [0, 0.05) is 0 Å². The first-order valence-electron chi connectivity index (χ1n) is 16.1. The summed E-state index contributed by atoms with van der Waals surface area (Å²) in [5, 5.41) is 0. The Bertz CT molecular complexity index is 949. The first-order valence-corrected chi connectivity index (χ1v) is 23.5. The second kappa shape index (κ2) is 13.2. The van der Waals surface area contributed by atoms with E-state index in [4.69, 9.17) is 4.74 Å². The van der Waals surface area contributed by atoms with Crippen molar-refractivity contribution in [2.75, 3.05) is 7.11 Å². The number of benzene rings is 1. The van der Waals surface area contributed by atoms with Crippen LogP contribution in [0.15, 0.2) is 18.2 Å². The van der Waals surface area contributed by atoms with Gasteiger partial charge in [-0.3, -0.25) is 0 Å². The standard InChI is InChI=1S/C22H27O3.3C4H9.Sn/c1-22-12-11-17-16-6-4-3-5-14(16)7-9-18(17)21(22)15(13-19(22)23)8-10-20(24)25-2;3*1-3-4-2;/h4-6,15,17-18,21H,7-13H2,1-2H3;3*1,3-4H2,2H3;. The van der Waals surface area contributed by atoms with Crippen LogP contribution in [-0.2, 0) is 20.7 Å². The van der Waals surface area contributed by atoms with Crippen LogP contribution in [-0.4, -0.2) is 37.2 Å². The van der Waals surface area contributed by atoms with E-state index in [2.05, 4.69) is 45.9 Å². The summed E-state index contributed by atoms with van der Waals surface area (Å²) in [4.78, 5) is 25.2. The van der Waals surface area contributed by atoms with Gasteiger partial charge in [0.25, 0.3) is 0 Å². The summed E-state index contributed by atoms with van der Waals surface area (Å²) in [6.45, 7) is 9.36. The molecule has 0 bridgehead atoms. The predicted molar refractivity (Wildman–Crippen MR) is 161 cm³/mol. The fraction of sp³-hybridized carbons (Fsp3) is 0.765. The van der Waals surface area contributed by atoms with Crippen LogP contribution in [0, 0.1) is 23.2 Å². The van der Waals surface area contributed by atoms with E-state index in [-0.39, 0.29) is 11.4 Å². The summed E-state index contributed by atoms with van der Waals surface area (Å²) in [5.74, 6) is 2.24. The molecule has 0 aromatic heterocycles. The predicted octanol–water partition coefficient (Wildman–Crippen LogP) is 8.35. The number of methoxy groups -OCH3 is 1. The first-order chi connectivity index (χ1) is 18.3. The van der Waals surface area contributed by atoms with Gasteiger partial charge in [0.1, 0.15) is 0 Å². The van der Waals surface area contributed by atoms with E-state index in [0.29, 0.717) is 42.3 Å².